The highest BCUT2D eigenvalue weighted by atomic mass is 16.4. The molecule has 2 rings (SSSR count). The molecular weight excluding hydrogens is 262 g/mol. The number of hydrogen-bond donors (Lipinski definition) is 2. The fourth-order valence-corrected chi connectivity index (χ4v) is 1.99. The zero-order valence-corrected chi connectivity index (χ0v) is 11.7. The van der Waals surface area contributed by atoms with Crippen molar-refractivity contribution in [2.75, 3.05) is 18.4 Å². The minimum Gasteiger partial charge on any atom is -0.481 e. The number of rotatable bonds is 2. The number of urea groups is 1. The van der Waals surface area contributed by atoms with Gasteiger partial charge in [0.2, 0.25) is 0 Å². The molecule has 0 bridgehead atoms. The number of aliphatic carboxylic acids is 1. The standard InChI is InChI=1S/C12H17N5O3/c1-7-8(2)15-16-10(13-7)14-11(20)17-5-4-12(3,6-17)9(18)19/h4-6H2,1-3H3,(H,18,19)(H,13,14,16,20). The van der Waals surface area contributed by atoms with E-state index in [1.54, 1.807) is 20.8 Å². The molecule has 108 valence electrons. The van der Waals surface area contributed by atoms with Crippen LogP contribution in [0, 0.1) is 19.3 Å². The minimum atomic E-state index is -0.892. The van der Waals surface area contributed by atoms with Crippen molar-refractivity contribution in [2.45, 2.75) is 27.2 Å². The quantitative estimate of drug-likeness (QED) is 0.829. The van der Waals surface area contributed by atoms with Crippen LogP contribution < -0.4 is 5.32 Å². The highest BCUT2D eigenvalue weighted by molar-refractivity contribution is 5.88. The molecule has 2 amide bonds. The number of hydrogen-bond acceptors (Lipinski definition) is 5. The molecule has 0 aromatic carbocycles. The van der Waals surface area contributed by atoms with Crippen LogP contribution in [0.25, 0.3) is 0 Å². The summed E-state index contributed by atoms with van der Waals surface area (Å²) >= 11 is 0. The van der Waals surface area contributed by atoms with Gasteiger partial charge in [0.15, 0.2) is 0 Å². The largest absolute Gasteiger partial charge is 0.481 e. The van der Waals surface area contributed by atoms with Crippen molar-refractivity contribution in [2.24, 2.45) is 5.41 Å². The number of aryl methyl sites for hydroxylation is 2. The normalized spacial score (nSPS) is 21.9. The van der Waals surface area contributed by atoms with Crippen molar-refractivity contribution in [3.05, 3.63) is 11.4 Å². The van der Waals surface area contributed by atoms with Gasteiger partial charge in [-0.05, 0) is 27.2 Å². The van der Waals surface area contributed by atoms with Crippen molar-refractivity contribution in [3.63, 3.8) is 0 Å². The first-order valence-electron chi connectivity index (χ1n) is 6.29. The molecule has 1 atom stereocenters. The third kappa shape index (κ3) is 2.68. The molecule has 1 fully saturated rings. The topological polar surface area (TPSA) is 108 Å². The third-order valence-electron chi connectivity index (χ3n) is 3.59. The number of carboxylic acids is 1. The zero-order valence-electron chi connectivity index (χ0n) is 11.7. The summed E-state index contributed by atoms with van der Waals surface area (Å²) in [6, 6.07) is -0.403. The smallest absolute Gasteiger partial charge is 0.324 e. The van der Waals surface area contributed by atoms with Crippen molar-refractivity contribution in [1.82, 2.24) is 20.1 Å². The number of anilines is 1. The van der Waals surface area contributed by atoms with Gasteiger partial charge in [0.1, 0.15) is 0 Å². The van der Waals surface area contributed by atoms with E-state index in [-0.39, 0.29) is 12.5 Å². The summed E-state index contributed by atoms with van der Waals surface area (Å²) in [6.07, 6.45) is 0.432. The molecule has 1 unspecified atom stereocenters. The van der Waals surface area contributed by atoms with Gasteiger partial charge in [-0.25, -0.2) is 9.78 Å². The monoisotopic (exact) mass is 279 g/mol. The second kappa shape index (κ2) is 5.03. The molecule has 1 saturated heterocycles. The van der Waals surface area contributed by atoms with E-state index >= 15 is 0 Å². The molecule has 2 N–H and O–H groups in total. The Morgan fingerprint density at radius 3 is 2.55 bits per heavy atom. The summed E-state index contributed by atoms with van der Waals surface area (Å²) in [6.45, 7) is 5.76. The van der Waals surface area contributed by atoms with Crippen LogP contribution in [0.5, 0.6) is 0 Å². The molecule has 0 aliphatic carbocycles. The SMILES string of the molecule is Cc1nnc(NC(=O)N2CCC(C)(C(=O)O)C2)nc1C. The Bertz CT molecular complexity index is 562. The Balaban J connectivity index is 2.03. The Hall–Kier alpha value is -2.25. The lowest BCUT2D eigenvalue weighted by Crippen LogP contribution is -2.37. The van der Waals surface area contributed by atoms with Gasteiger partial charge in [-0.3, -0.25) is 10.1 Å². The first-order chi connectivity index (χ1) is 9.32. The van der Waals surface area contributed by atoms with Gasteiger partial charge in [-0.1, -0.05) is 0 Å². The molecule has 0 spiro atoms. The molecule has 1 aliphatic rings. The van der Waals surface area contributed by atoms with E-state index in [0.29, 0.717) is 24.4 Å². The van der Waals surface area contributed by atoms with Gasteiger partial charge in [-0.15, -0.1) is 5.10 Å². The molecule has 1 aromatic rings. The van der Waals surface area contributed by atoms with E-state index in [1.165, 1.54) is 4.90 Å². The molecule has 1 aliphatic heterocycles. The average molecular weight is 279 g/mol. The summed E-state index contributed by atoms with van der Waals surface area (Å²) in [7, 11) is 0. The maximum Gasteiger partial charge on any atom is 0.324 e. The number of carbonyl (C=O) groups is 2. The first kappa shape index (κ1) is 14.2. The Kier molecular flexibility index (Phi) is 3.56. The van der Waals surface area contributed by atoms with Gasteiger partial charge < -0.3 is 10.0 Å². The second-order valence-electron chi connectivity index (χ2n) is 5.27. The predicted molar refractivity (Wildman–Crippen MR) is 70.3 cm³/mol. The van der Waals surface area contributed by atoms with Crippen molar-refractivity contribution < 1.29 is 14.7 Å². The van der Waals surface area contributed by atoms with E-state index in [0.717, 1.165) is 0 Å². The van der Waals surface area contributed by atoms with Crippen LogP contribution in [-0.2, 0) is 4.79 Å². The molecule has 8 nitrogen and oxygen atoms in total. The zero-order chi connectivity index (χ0) is 14.9. The number of carbonyl (C=O) groups excluding carboxylic acids is 1. The highest BCUT2D eigenvalue weighted by Crippen LogP contribution is 2.30. The Morgan fingerprint density at radius 2 is 2.00 bits per heavy atom. The lowest BCUT2D eigenvalue weighted by atomic mass is 9.90. The van der Waals surface area contributed by atoms with E-state index in [4.69, 9.17) is 5.11 Å². The van der Waals surface area contributed by atoms with E-state index in [2.05, 4.69) is 20.5 Å². The van der Waals surface area contributed by atoms with Crippen LogP contribution in [0.2, 0.25) is 0 Å². The number of aromatic nitrogens is 3. The number of likely N-dealkylation sites (tertiary alicyclic amines) is 1. The highest BCUT2D eigenvalue weighted by Gasteiger charge is 2.42. The molecule has 0 saturated carbocycles. The molecule has 8 heteroatoms. The van der Waals surface area contributed by atoms with E-state index in [9.17, 15) is 9.59 Å². The number of nitrogens with zero attached hydrogens (tertiary/aromatic N) is 4. The second-order valence-corrected chi connectivity index (χ2v) is 5.27. The molecule has 1 aromatic heterocycles. The van der Waals surface area contributed by atoms with Gasteiger partial charge >= 0.3 is 12.0 Å². The van der Waals surface area contributed by atoms with Crippen molar-refractivity contribution in [1.29, 1.82) is 0 Å². The molecular formula is C12H17N5O3. The minimum absolute atomic E-state index is 0.127. The number of carboxylic acid groups (broad SMARTS) is 1. The Morgan fingerprint density at radius 1 is 1.30 bits per heavy atom. The lowest BCUT2D eigenvalue weighted by molar-refractivity contribution is -0.146. The molecule has 2 heterocycles. The van der Waals surface area contributed by atoms with Crippen molar-refractivity contribution >= 4 is 17.9 Å². The molecule has 20 heavy (non-hydrogen) atoms. The first-order valence-corrected chi connectivity index (χ1v) is 6.29. The third-order valence-corrected chi connectivity index (χ3v) is 3.59. The molecule has 0 radical (unpaired) electrons. The van der Waals surface area contributed by atoms with Crippen LogP contribution in [0.1, 0.15) is 24.7 Å². The van der Waals surface area contributed by atoms with Crippen LogP contribution >= 0.6 is 0 Å². The van der Waals surface area contributed by atoms with Crippen LogP contribution in [0.4, 0.5) is 10.7 Å². The number of nitrogens with one attached hydrogen (secondary N) is 1. The average Bonchev–Trinajstić information content (AvgIpc) is 2.78. The maximum atomic E-state index is 12.0. The van der Waals surface area contributed by atoms with Crippen LogP contribution in [0.3, 0.4) is 0 Å². The van der Waals surface area contributed by atoms with E-state index in [1.807, 2.05) is 0 Å². The van der Waals surface area contributed by atoms with Gasteiger partial charge in [0, 0.05) is 13.1 Å². The predicted octanol–water partition coefficient (Wildman–Crippen LogP) is 0.817. The van der Waals surface area contributed by atoms with Crippen LogP contribution in [0.15, 0.2) is 0 Å². The lowest BCUT2D eigenvalue weighted by Gasteiger charge is -2.20. The Labute approximate surface area is 116 Å². The summed E-state index contributed by atoms with van der Waals surface area (Å²) in [5.41, 5.74) is 0.495. The number of amides is 2. The summed E-state index contributed by atoms with van der Waals surface area (Å²) in [5, 5.41) is 19.3. The fourth-order valence-electron chi connectivity index (χ4n) is 1.99. The summed E-state index contributed by atoms with van der Waals surface area (Å²) in [5.74, 6) is -0.765. The van der Waals surface area contributed by atoms with Crippen molar-refractivity contribution in [3.8, 4) is 0 Å². The van der Waals surface area contributed by atoms with Crippen LogP contribution in [-0.4, -0.2) is 50.3 Å². The maximum absolute atomic E-state index is 12.0. The van der Waals surface area contributed by atoms with Gasteiger partial charge in [0.05, 0.1) is 16.8 Å². The van der Waals surface area contributed by atoms with E-state index < -0.39 is 17.4 Å². The van der Waals surface area contributed by atoms with Gasteiger partial charge in [0.25, 0.3) is 5.95 Å². The fraction of sp³-hybridized carbons (Fsp3) is 0.583. The summed E-state index contributed by atoms with van der Waals surface area (Å²) < 4.78 is 0. The summed E-state index contributed by atoms with van der Waals surface area (Å²) in [4.78, 5) is 28.7. The van der Waals surface area contributed by atoms with Gasteiger partial charge in [-0.2, -0.15) is 5.10 Å².